The van der Waals surface area contributed by atoms with Crippen molar-refractivity contribution < 1.29 is 0 Å². The van der Waals surface area contributed by atoms with Crippen LogP contribution in [-0.4, -0.2) is 15.0 Å². The van der Waals surface area contributed by atoms with Gasteiger partial charge >= 0.3 is 0 Å². The number of aromatic amines is 1. The molecule has 0 aliphatic carbocycles. The third kappa shape index (κ3) is 3.20. The van der Waals surface area contributed by atoms with Gasteiger partial charge in [-0.2, -0.15) is 0 Å². The van der Waals surface area contributed by atoms with Gasteiger partial charge in [0.1, 0.15) is 17.4 Å². The number of H-pyrrole nitrogens is 1. The van der Waals surface area contributed by atoms with Crippen molar-refractivity contribution in [3.63, 3.8) is 0 Å². The fourth-order valence-electron chi connectivity index (χ4n) is 4.39. The second-order valence-electron chi connectivity index (χ2n) is 10.6. The number of rotatable bonds is 1. The van der Waals surface area contributed by atoms with Crippen molar-refractivity contribution in [1.29, 1.82) is 0 Å². The van der Waals surface area contributed by atoms with Crippen molar-refractivity contribution in [3.8, 4) is 11.1 Å². The molecule has 3 heteroatoms. The lowest BCUT2D eigenvalue weighted by atomic mass is 9.85. The molecule has 0 atom stereocenters. The van der Waals surface area contributed by atoms with E-state index in [2.05, 4.69) is 111 Å². The minimum Gasteiger partial charge on any atom is -0.359 e. The van der Waals surface area contributed by atoms with Gasteiger partial charge in [0.05, 0.1) is 5.52 Å². The summed E-state index contributed by atoms with van der Waals surface area (Å²) in [5.74, 6) is 0. The summed E-state index contributed by atoms with van der Waals surface area (Å²) in [7, 11) is 0. The predicted octanol–water partition coefficient (Wildman–Crippen LogP) is 7.53. The van der Waals surface area contributed by atoms with Gasteiger partial charge in [-0.25, -0.2) is 9.97 Å². The van der Waals surface area contributed by atoms with Gasteiger partial charge in [-0.1, -0.05) is 84.0 Å². The minimum atomic E-state index is 0.0596. The molecule has 2 heterocycles. The molecule has 5 rings (SSSR count). The lowest BCUT2D eigenvalue weighted by Gasteiger charge is -2.21. The first kappa shape index (κ1) is 19.7. The molecule has 156 valence electrons. The smallest absolute Gasteiger partial charge is 0.117 e. The Hall–Kier alpha value is -3.20. The maximum atomic E-state index is 4.68. The Morgan fingerprint density at radius 3 is 2.06 bits per heavy atom. The maximum absolute atomic E-state index is 4.68. The lowest BCUT2D eigenvalue weighted by molar-refractivity contribution is 0.589. The van der Waals surface area contributed by atoms with Gasteiger partial charge in [-0.05, 0) is 44.5 Å². The highest BCUT2D eigenvalue weighted by molar-refractivity contribution is 6.25. The zero-order chi connectivity index (χ0) is 22.0. The summed E-state index contributed by atoms with van der Waals surface area (Å²) in [5, 5.41) is 3.58. The Kier molecular flexibility index (Phi) is 4.23. The van der Waals surface area contributed by atoms with Crippen LogP contribution in [0.4, 0.5) is 0 Å². The normalized spacial score (nSPS) is 12.8. The molecule has 0 aliphatic heterocycles. The van der Waals surface area contributed by atoms with Gasteiger partial charge in [0.15, 0.2) is 0 Å². The average Bonchev–Trinajstić information content (AvgIpc) is 3.22. The molecule has 2 aromatic heterocycles. The summed E-state index contributed by atoms with van der Waals surface area (Å²) in [5.41, 5.74) is 8.16. The van der Waals surface area contributed by atoms with Crippen LogP contribution in [0.3, 0.4) is 0 Å². The van der Waals surface area contributed by atoms with Crippen LogP contribution in [0.25, 0.3) is 43.8 Å². The highest BCUT2D eigenvalue weighted by Crippen LogP contribution is 2.39. The van der Waals surface area contributed by atoms with E-state index in [1.54, 1.807) is 6.33 Å². The molecule has 0 spiro atoms. The second-order valence-corrected chi connectivity index (χ2v) is 10.6. The molecule has 3 aromatic carbocycles. The van der Waals surface area contributed by atoms with Crippen molar-refractivity contribution in [3.05, 3.63) is 72.2 Å². The monoisotopic (exact) mass is 407 g/mol. The molecule has 0 bridgehead atoms. The molecule has 0 unspecified atom stereocenters. The molecule has 0 aliphatic rings. The molecular formula is C28H29N3. The highest BCUT2D eigenvalue weighted by atomic mass is 14.9. The first-order valence-electron chi connectivity index (χ1n) is 10.9. The Morgan fingerprint density at radius 2 is 1.39 bits per heavy atom. The van der Waals surface area contributed by atoms with Crippen LogP contribution in [0, 0.1) is 0 Å². The van der Waals surface area contributed by atoms with Crippen LogP contribution in [0.1, 0.15) is 52.7 Å². The summed E-state index contributed by atoms with van der Waals surface area (Å²) >= 11 is 0. The van der Waals surface area contributed by atoms with E-state index in [1.807, 2.05) is 0 Å². The topological polar surface area (TPSA) is 41.6 Å². The number of nitrogens with one attached hydrogen (secondary N) is 1. The van der Waals surface area contributed by atoms with E-state index < -0.39 is 0 Å². The van der Waals surface area contributed by atoms with E-state index in [0.717, 1.165) is 16.6 Å². The standard InChI is InChI=1S/C28H29N3/c1-27(2,3)18-12-10-17(11-13-18)20-8-7-9-21-22-14-19(28(4,5)6)15-29-24(22)26-25(23(20)21)30-16-31-26/h7-16,29H,1-6H3. The van der Waals surface area contributed by atoms with Crippen molar-refractivity contribution in [2.24, 2.45) is 0 Å². The van der Waals surface area contributed by atoms with E-state index in [9.17, 15) is 0 Å². The third-order valence-electron chi connectivity index (χ3n) is 6.30. The maximum Gasteiger partial charge on any atom is 0.117 e. The van der Waals surface area contributed by atoms with Crippen molar-refractivity contribution in [2.45, 2.75) is 52.4 Å². The Bertz CT molecular complexity index is 1430. The number of pyridine rings is 1. The first-order valence-corrected chi connectivity index (χ1v) is 10.9. The summed E-state index contributed by atoms with van der Waals surface area (Å²) in [6.07, 6.45) is 3.78. The van der Waals surface area contributed by atoms with Gasteiger partial charge in [0.2, 0.25) is 0 Å². The second kappa shape index (κ2) is 6.65. The third-order valence-corrected chi connectivity index (χ3v) is 6.30. The largest absolute Gasteiger partial charge is 0.359 e. The molecule has 0 fully saturated rings. The lowest BCUT2D eigenvalue weighted by Crippen LogP contribution is -2.11. The zero-order valence-electron chi connectivity index (χ0n) is 19.2. The van der Waals surface area contributed by atoms with Crippen LogP contribution in [-0.2, 0) is 10.8 Å². The number of aromatic nitrogens is 3. The van der Waals surface area contributed by atoms with Crippen molar-refractivity contribution >= 4 is 32.7 Å². The number of hydrogen-bond donors (Lipinski definition) is 1. The number of nitrogens with zero attached hydrogens (tertiary/aromatic N) is 2. The molecule has 0 saturated heterocycles. The minimum absolute atomic E-state index is 0.0596. The van der Waals surface area contributed by atoms with E-state index in [4.69, 9.17) is 0 Å². The molecule has 3 nitrogen and oxygen atoms in total. The molecule has 0 saturated carbocycles. The summed E-state index contributed by atoms with van der Waals surface area (Å²) in [4.78, 5) is 12.8. The number of imidazole rings is 1. The highest BCUT2D eigenvalue weighted by Gasteiger charge is 2.20. The Morgan fingerprint density at radius 1 is 0.710 bits per heavy atom. The van der Waals surface area contributed by atoms with Crippen molar-refractivity contribution in [2.75, 3.05) is 0 Å². The van der Waals surface area contributed by atoms with Gasteiger partial charge in [0, 0.05) is 17.0 Å². The van der Waals surface area contributed by atoms with E-state index >= 15 is 0 Å². The summed E-state index contributed by atoms with van der Waals surface area (Å²) in [6, 6.07) is 17.8. The number of hydrogen-bond acceptors (Lipinski definition) is 2. The van der Waals surface area contributed by atoms with Gasteiger partial charge in [-0.3, -0.25) is 0 Å². The summed E-state index contributed by atoms with van der Waals surface area (Å²) < 4.78 is 0. The van der Waals surface area contributed by atoms with Gasteiger partial charge < -0.3 is 4.98 Å². The van der Waals surface area contributed by atoms with E-state index in [0.29, 0.717) is 0 Å². The van der Waals surface area contributed by atoms with Crippen molar-refractivity contribution in [1.82, 2.24) is 15.0 Å². The van der Waals surface area contributed by atoms with Gasteiger partial charge in [-0.15, -0.1) is 0 Å². The molecule has 0 amide bonds. The van der Waals surface area contributed by atoms with E-state index in [1.165, 1.54) is 38.4 Å². The zero-order valence-corrected chi connectivity index (χ0v) is 19.2. The number of benzene rings is 3. The predicted molar refractivity (Wildman–Crippen MR) is 132 cm³/mol. The van der Waals surface area contributed by atoms with Crippen LogP contribution in [0.5, 0.6) is 0 Å². The summed E-state index contributed by atoms with van der Waals surface area (Å²) in [6.45, 7) is 13.5. The molecule has 0 radical (unpaired) electrons. The van der Waals surface area contributed by atoms with Crippen LogP contribution in [0.2, 0.25) is 0 Å². The Labute approximate surface area is 183 Å². The van der Waals surface area contributed by atoms with E-state index in [-0.39, 0.29) is 10.8 Å². The molecule has 31 heavy (non-hydrogen) atoms. The fraction of sp³-hybridized carbons (Fsp3) is 0.286. The average molecular weight is 408 g/mol. The first-order chi connectivity index (χ1) is 14.6. The van der Waals surface area contributed by atoms with Crippen LogP contribution < -0.4 is 0 Å². The Balaban J connectivity index is 1.86. The van der Waals surface area contributed by atoms with Crippen LogP contribution in [0.15, 0.2) is 61.1 Å². The van der Waals surface area contributed by atoms with Gasteiger partial charge in [0.25, 0.3) is 0 Å². The molecule has 1 N–H and O–H groups in total. The molecular weight excluding hydrogens is 378 g/mol. The quantitative estimate of drug-likeness (QED) is 0.292. The molecule has 5 aromatic rings. The fourth-order valence-corrected chi connectivity index (χ4v) is 4.39. The SMILES string of the molecule is CC(C)(C)c1ccc(-c2cccc3c4cc(C(C)(C)C)c[nH]c4c4ncnc4c23)cc1. The number of fused-ring (bicyclic) bond motifs is 6. The van der Waals surface area contributed by atoms with Crippen LogP contribution >= 0.6 is 0 Å².